The van der Waals surface area contributed by atoms with Crippen LogP contribution in [-0.2, 0) is 0 Å². The summed E-state index contributed by atoms with van der Waals surface area (Å²) < 4.78 is 7.58. The third-order valence-corrected chi connectivity index (χ3v) is 13.1. The molecule has 0 aliphatic carbocycles. The van der Waals surface area contributed by atoms with Gasteiger partial charge in [-0.25, -0.2) is 4.98 Å². The maximum atomic E-state index is 5.38. The quantitative estimate of drug-likeness (QED) is 0.169. The number of rotatable bonds is 3. The van der Waals surface area contributed by atoms with E-state index in [1.54, 1.807) is 0 Å². The number of thiophene rings is 1. The van der Waals surface area contributed by atoms with Gasteiger partial charge in [0.05, 0.1) is 55.4 Å². The predicted molar refractivity (Wildman–Crippen MR) is 242 cm³/mol. The number of fused-ring (bicyclic) bond motifs is 16. The van der Waals surface area contributed by atoms with Crippen LogP contribution in [0.25, 0.3) is 119 Å². The first kappa shape index (κ1) is 30.9. The van der Waals surface area contributed by atoms with Gasteiger partial charge in [0.2, 0.25) is 0 Å². The van der Waals surface area contributed by atoms with Crippen molar-refractivity contribution in [3.8, 4) is 22.6 Å². The van der Waals surface area contributed by atoms with Crippen LogP contribution < -0.4 is 0 Å². The van der Waals surface area contributed by atoms with Gasteiger partial charge in [0, 0.05) is 59.0 Å². The van der Waals surface area contributed by atoms with E-state index in [9.17, 15) is 0 Å². The summed E-state index contributed by atoms with van der Waals surface area (Å²) in [6.45, 7) is 0. The Hall–Kier alpha value is -7.34. The highest BCUT2D eigenvalue weighted by Crippen LogP contribution is 2.45. The number of para-hydroxylation sites is 2. The van der Waals surface area contributed by atoms with E-state index in [0.29, 0.717) is 0 Å². The minimum atomic E-state index is 0.848. The normalized spacial score (nSPS) is 12.2. The van der Waals surface area contributed by atoms with Crippen LogP contribution in [0.3, 0.4) is 0 Å². The lowest BCUT2D eigenvalue weighted by molar-refractivity contribution is 1.16. The van der Waals surface area contributed by atoms with Gasteiger partial charge in [0.25, 0.3) is 0 Å². The number of hydrogen-bond acceptors (Lipinski definition) is 3. The highest BCUT2D eigenvalue weighted by Gasteiger charge is 2.23. The fourth-order valence-electron chi connectivity index (χ4n) is 9.49. The third-order valence-electron chi connectivity index (χ3n) is 11.9. The maximum Gasteiger partial charge on any atom is 0.0979 e. The van der Waals surface area contributed by atoms with Crippen molar-refractivity contribution in [2.45, 2.75) is 0 Å². The van der Waals surface area contributed by atoms with Gasteiger partial charge in [-0.3, -0.25) is 4.98 Å². The van der Waals surface area contributed by atoms with E-state index in [0.717, 1.165) is 44.3 Å². The molecule has 0 unspecified atom stereocenters. The van der Waals surface area contributed by atoms with E-state index < -0.39 is 0 Å². The minimum Gasteiger partial charge on any atom is -0.307 e. The molecule has 4 nitrogen and oxygen atoms in total. The van der Waals surface area contributed by atoms with Crippen LogP contribution in [0.5, 0.6) is 0 Å². The van der Waals surface area contributed by atoms with Gasteiger partial charge in [-0.05, 0) is 47.2 Å². The molecule has 13 aromatic rings. The predicted octanol–water partition coefficient (Wildman–Crippen LogP) is 14.2. The third kappa shape index (κ3) is 4.26. The standard InChI is InChI=1S/C52H30N4S/c1-3-20-38-33(15-1)34-16-2-4-21-39(34)49-48(38)53-30-43(54-49)31-13-11-14-32(29-31)55-44-23-8-5-17-35(44)40-27-28-41-36-18-6-9-24-45(36)56(51(41)50(40)55)46-25-12-22-42-37-19-7-10-26-47(37)57-52(42)46/h1-30H. The van der Waals surface area contributed by atoms with E-state index >= 15 is 0 Å². The molecule has 0 saturated heterocycles. The van der Waals surface area contributed by atoms with Crippen LogP contribution in [0, 0.1) is 0 Å². The van der Waals surface area contributed by atoms with Crippen LogP contribution in [0.15, 0.2) is 182 Å². The van der Waals surface area contributed by atoms with Crippen molar-refractivity contribution in [1.29, 1.82) is 0 Å². The summed E-state index contributed by atoms with van der Waals surface area (Å²) in [6, 6.07) is 63.8. The molecule has 0 aliphatic rings. The molecule has 0 saturated carbocycles. The van der Waals surface area contributed by atoms with E-state index in [2.05, 4.69) is 185 Å². The van der Waals surface area contributed by atoms with Crippen molar-refractivity contribution in [3.63, 3.8) is 0 Å². The zero-order chi connectivity index (χ0) is 37.2. The molecular weight excluding hydrogens is 713 g/mol. The van der Waals surface area contributed by atoms with Gasteiger partial charge in [-0.2, -0.15) is 0 Å². The number of benzene rings is 9. The summed E-state index contributed by atoms with van der Waals surface area (Å²) in [5.74, 6) is 0. The molecule has 0 bridgehead atoms. The lowest BCUT2D eigenvalue weighted by Gasteiger charge is -2.14. The van der Waals surface area contributed by atoms with E-state index in [1.165, 1.54) is 74.7 Å². The number of hydrogen-bond donors (Lipinski definition) is 0. The summed E-state index contributed by atoms with van der Waals surface area (Å²) in [5.41, 5.74) is 10.7. The minimum absolute atomic E-state index is 0.848. The zero-order valence-electron chi connectivity index (χ0n) is 30.5. The van der Waals surface area contributed by atoms with Crippen molar-refractivity contribution in [3.05, 3.63) is 182 Å². The number of nitrogens with zero attached hydrogens (tertiary/aromatic N) is 4. The van der Waals surface area contributed by atoms with Crippen molar-refractivity contribution in [2.24, 2.45) is 0 Å². The van der Waals surface area contributed by atoms with E-state index in [4.69, 9.17) is 9.97 Å². The Bertz CT molecular complexity index is 3790. The molecular formula is C52H30N4S. The Morgan fingerprint density at radius 2 is 0.965 bits per heavy atom. The molecule has 0 fully saturated rings. The second-order valence-electron chi connectivity index (χ2n) is 14.9. The molecule has 57 heavy (non-hydrogen) atoms. The average Bonchev–Trinajstić information content (AvgIpc) is 3.94. The molecule has 0 atom stereocenters. The van der Waals surface area contributed by atoms with Gasteiger partial charge < -0.3 is 9.13 Å². The summed E-state index contributed by atoms with van der Waals surface area (Å²) in [5, 5.41) is 12.1. The highest BCUT2D eigenvalue weighted by atomic mass is 32.1. The molecule has 0 spiro atoms. The Morgan fingerprint density at radius 1 is 0.404 bits per heavy atom. The maximum absolute atomic E-state index is 5.38. The first-order chi connectivity index (χ1) is 28.3. The Labute approximate surface area is 330 Å². The molecule has 264 valence electrons. The van der Waals surface area contributed by atoms with Crippen molar-refractivity contribution in [1.82, 2.24) is 19.1 Å². The van der Waals surface area contributed by atoms with Crippen LogP contribution in [0.4, 0.5) is 0 Å². The molecule has 0 N–H and O–H groups in total. The molecule has 0 radical (unpaired) electrons. The summed E-state index contributed by atoms with van der Waals surface area (Å²) in [6.07, 6.45) is 1.94. The van der Waals surface area contributed by atoms with Gasteiger partial charge in [0.1, 0.15) is 0 Å². The summed E-state index contributed by atoms with van der Waals surface area (Å²) >= 11 is 1.88. The lowest BCUT2D eigenvalue weighted by Crippen LogP contribution is -1.99. The largest absolute Gasteiger partial charge is 0.307 e. The fraction of sp³-hybridized carbons (Fsp3) is 0. The van der Waals surface area contributed by atoms with Crippen molar-refractivity contribution < 1.29 is 0 Å². The average molecular weight is 743 g/mol. The SMILES string of the molecule is c1cc(-c2cnc3c4ccccc4c4ccccc4c3n2)cc(-n2c3ccccc3c3ccc4c5ccccc5n(-c5cccc6c5sc5ccccc56)c4c32)c1. The molecule has 13 rings (SSSR count). The first-order valence-electron chi connectivity index (χ1n) is 19.3. The second kappa shape index (κ2) is 11.6. The first-order valence-corrected chi connectivity index (χ1v) is 20.1. The summed E-state index contributed by atoms with van der Waals surface area (Å²) in [7, 11) is 0. The van der Waals surface area contributed by atoms with Gasteiger partial charge in [-0.1, -0.05) is 140 Å². The molecule has 0 aliphatic heterocycles. The van der Waals surface area contributed by atoms with Crippen molar-refractivity contribution >= 4 is 108 Å². The molecule has 4 heterocycles. The number of aromatic nitrogens is 4. The zero-order valence-corrected chi connectivity index (χ0v) is 31.3. The van der Waals surface area contributed by atoms with Crippen LogP contribution in [0.1, 0.15) is 0 Å². The van der Waals surface area contributed by atoms with Crippen molar-refractivity contribution in [2.75, 3.05) is 0 Å². The van der Waals surface area contributed by atoms with Crippen LogP contribution in [-0.4, -0.2) is 19.1 Å². The molecule has 4 aromatic heterocycles. The Kier molecular flexibility index (Phi) is 6.29. The topological polar surface area (TPSA) is 35.6 Å². The van der Waals surface area contributed by atoms with Crippen LogP contribution >= 0.6 is 11.3 Å². The smallest absolute Gasteiger partial charge is 0.0979 e. The molecule has 0 amide bonds. The van der Waals surface area contributed by atoms with Gasteiger partial charge >= 0.3 is 0 Å². The van der Waals surface area contributed by atoms with E-state index in [-0.39, 0.29) is 0 Å². The van der Waals surface area contributed by atoms with Gasteiger partial charge in [-0.15, -0.1) is 11.3 Å². The fourth-order valence-corrected chi connectivity index (χ4v) is 10.7. The van der Waals surface area contributed by atoms with E-state index in [1.807, 2.05) is 17.5 Å². The second-order valence-corrected chi connectivity index (χ2v) is 16.0. The molecule has 9 aromatic carbocycles. The van der Waals surface area contributed by atoms with Gasteiger partial charge in [0.15, 0.2) is 0 Å². The Morgan fingerprint density at radius 3 is 1.70 bits per heavy atom. The monoisotopic (exact) mass is 742 g/mol. The highest BCUT2D eigenvalue weighted by molar-refractivity contribution is 7.26. The van der Waals surface area contributed by atoms with Crippen LogP contribution in [0.2, 0.25) is 0 Å². The molecule has 5 heteroatoms. The summed E-state index contributed by atoms with van der Waals surface area (Å²) in [4.78, 5) is 10.5. The lowest BCUT2D eigenvalue weighted by atomic mass is 9.99. The Balaban J connectivity index is 1.11.